The van der Waals surface area contributed by atoms with Crippen molar-refractivity contribution in [2.24, 2.45) is 5.92 Å². The summed E-state index contributed by atoms with van der Waals surface area (Å²) in [6.07, 6.45) is 1.49. The van der Waals surface area contributed by atoms with Crippen molar-refractivity contribution in [3.8, 4) is 0 Å². The Balaban J connectivity index is 2.38. The first-order valence-electron chi connectivity index (χ1n) is 6.85. The van der Waals surface area contributed by atoms with E-state index in [-0.39, 0.29) is 12.1 Å². The van der Waals surface area contributed by atoms with Gasteiger partial charge in [-0.15, -0.1) is 11.3 Å². The van der Waals surface area contributed by atoms with Crippen LogP contribution in [0.1, 0.15) is 39.5 Å². The maximum absolute atomic E-state index is 11.8. The summed E-state index contributed by atoms with van der Waals surface area (Å²) < 4.78 is 5.28. The Hall–Kier alpha value is -1.14. The molecule has 5 nitrogen and oxygen atoms in total. The van der Waals surface area contributed by atoms with Crippen LogP contribution >= 0.6 is 11.3 Å². The monoisotopic (exact) mass is 299 g/mol. The van der Waals surface area contributed by atoms with Crippen LogP contribution in [0.15, 0.2) is 11.7 Å². The first-order valence-corrected chi connectivity index (χ1v) is 7.73. The van der Waals surface area contributed by atoms with Crippen molar-refractivity contribution in [2.75, 3.05) is 6.54 Å². The van der Waals surface area contributed by atoms with Crippen LogP contribution in [0.25, 0.3) is 0 Å². The van der Waals surface area contributed by atoms with E-state index in [2.05, 4.69) is 29.5 Å². The van der Waals surface area contributed by atoms with E-state index in [9.17, 15) is 4.79 Å². The Kier molecular flexibility index (Phi) is 6.42. The second-order valence-electron chi connectivity index (χ2n) is 6.10. The van der Waals surface area contributed by atoms with Crippen molar-refractivity contribution in [1.29, 1.82) is 0 Å². The SMILES string of the molecule is CC(C)C(CNCc1cncs1)NC(=O)OC(C)(C)C. The van der Waals surface area contributed by atoms with Gasteiger partial charge in [-0.1, -0.05) is 13.8 Å². The van der Waals surface area contributed by atoms with Gasteiger partial charge >= 0.3 is 6.09 Å². The number of aromatic nitrogens is 1. The first-order chi connectivity index (χ1) is 9.28. The van der Waals surface area contributed by atoms with Gasteiger partial charge in [0.25, 0.3) is 0 Å². The Morgan fingerprint density at radius 3 is 2.65 bits per heavy atom. The second kappa shape index (κ2) is 7.59. The molecule has 2 N–H and O–H groups in total. The van der Waals surface area contributed by atoms with Crippen LogP contribution in [0.3, 0.4) is 0 Å². The van der Waals surface area contributed by atoms with Crippen molar-refractivity contribution >= 4 is 17.4 Å². The second-order valence-corrected chi connectivity index (χ2v) is 7.07. The van der Waals surface area contributed by atoms with E-state index in [1.165, 1.54) is 4.88 Å². The van der Waals surface area contributed by atoms with E-state index < -0.39 is 5.60 Å². The molecule has 0 spiro atoms. The van der Waals surface area contributed by atoms with Gasteiger partial charge in [-0.05, 0) is 26.7 Å². The van der Waals surface area contributed by atoms with Gasteiger partial charge in [0.15, 0.2) is 0 Å². The number of hydrogen-bond donors (Lipinski definition) is 2. The number of hydrogen-bond acceptors (Lipinski definition) is 5. The number of ether oxygens (including phenoxy) is 1. The zero-order valence-corrected chi connectivity index (χ0v) is 13.7. The van der Waals surface area contributed by atoms with Crippen molar-refractivity contribution in [3.63, 3.8) is 0 Å². The predicted octanol–water partition coefficient (Wildman–Crippen LogP) is 2.78. The minimum absolute atomic E-state index is 0.0396. The molecule has 1 heterocycles. The summed E-state index contributed by atoms with van der Waals surface area (Å²) in [6, 6.07) is 0.0396. The quantitative estimate of drug-likeness (QED) is 0.848. The summed E-state index contributed by atoms with van der Waals surface area (Å²) in [6.45, 7) is 11.2. The lowest BCUT2D eigenvalue weighted by atomic mass is 10.0. The number of carbonyl (C=O) groups excluding carboxylic acids is 1. The summed E-state index contributed by atoms with van der Waals surface area (Å²) in [5, 5.41) is 6.25. The van der Waals surface area contributed by atoms with Gasteiger partial charge in [0, 0.05) is 30.2 Å². The zero-order valence-electron chi connectivity index (χ0n) is 12.9. The molecule has 0 bridgehead atoms. The average Bonchev–Trinajstić information content (AvgIpc) is 2.77. The Morgan fingerprint density at radius 2 is 2.15 bits per heavy atom. The van der Waals surface area contributed by atoms with Crippen LogP contribution in [0, 0.1) is 5.92 Å². The molecule has 0 aliphatic rings. The lowest BCUT2D eigenvalue weighted by Crippen LogP contribution is -2.46. The van der Waals surface area contributed by atoms with E-state index in [1.54, 1.807) is 11.3 Å². The molecule has 1 atom stereocenters. The van der Waals surface area contributed by atoms with Crippen LogP contribution in [0.2, 0.25) is 0 Å². The molecule has 1 rings (SSSR count). The minimum atomic E-state index is -0.471. The third-order valence-corrected chi connectivity index (χ3v) is 3.43. The van der Waals surface area contributed by atoms with E-state index in [1.807, 2.05) is 32.5 Å². The molecular weight excluding hydrogens is 274 g/mol. The third kappa shape index (κ3) is 6.86. The zero-order chi connectivity index (χ0) is 15.2. The van der Waals surface area contributed by atoms with Crippen LogP contribution in [-0.2, 0) is 11.3 Å². The summed E-state index contributed by atoms with van der Waals surface area (Å²) in [5.41, 5.74) is 1.34. The normalized spacial score (nSPS) is 13.3. The summed E-state index contributed by atoms with van der Waals surface area (Å²) in [5.74, 6) is 0.330. The van der Waals surface area contributed by atoms with Crippen LogP contribution < -0.4 is 10.6 Å². The molecule has 1 aromatic rings. The molecule has 0 aliphatic heterocycles. The van der Waals surface area contributed by atoms with Crippen molar-refractivity contribution in [3.05, 3.63) is 16.6 Å². The fraction of sp³-hybridized carbons (Fsp3) is 0.714. The smallest absolute Gasteiger partial charge is 0.407 e. The number of alkyl carbamates (subject to hydrolysis) is 1. The third-order valence-electron chi connectivity index (χ3n) is 2.65. The molecule has 6 heteroatoms. The Morgan fingerprint density at radius 1 is 1.45 bits per heavy atom. The van der Waals surface area contributed by atoms with Crippen molar-refractivity contribution < 1.29 is 9.53 Å². The maximum Gasteiger partial charge on any atom is 0.407 e. The van der Waals surface area contributed by atoms with Gasteiger partial charge in [0.1, 0.15) is 5.60 Å². The average molecular weight is 299 g/mol. The van der Waals surface area contributed by atoms with E-state index >= 15 is 0 Å². The largest absolute Gasteiger partial charge is 0.444 e. The predicted molar refractivity (Wildman–Crippen MR) is 81.8 cm³/mol. The highest BCUT2D eigenvalue weighted by Gasteiger charge is 2.21. The van der Waals surface area contributed by atoms with Crippen LogP contribution in [-0.4, -0.2) is 29.3 Å². The molecule has 0 aliphatic carbocycles. The number of amides is 1. The molecule has 0 saturated carbocycles. The van der Waals surface area contributed by atoms with E-state index in [4.69, 9.17) is 4.74 Å². The highest BCUT2D eigenvalue weighted by atomic mass is 32.1. The van der Waals surface area contributed by atoms with Gasteiger partial charge in [-0.2, -0.15) is 0 Å². The first kappa shape index (κ1) is 16.9. The van der Waals surface area contributed by atoms with Crippen molar-refractivity contribution in [1.82, 2.24) is 15.6 Å². The number of rotatable bonds is 6. The summed E-state index contributed by atoms with van der Waals surface area (Å²) >= 11 is 1.62. The Labute approximate surface area is 125 Å². The fourth-order valence-electron chi connectivity index (χ4n) is 1.59. The van der Waals surface area contributed by atoms with Gasteiger partial charge < -0.3 is 15.4 Å². The van der Waals surface area contributed by atoms with Crippen LogP contribution in [0.4, 0.5) is 4.79 Å². The summed E-state index contributed by atoms with van der Waals surface area (Å²) in [7, 11) is 0. The topological polar surface area (TPSA) is 63.2 Å². The van der Waals surface area contributed by atoms with E-state index in [0.29, 0.717) is 12.5 Å². The van der Waals surface area contributed by atoms with Gasteiger partial charge in [0.05, 0.1) is 5.51 Å². The number of carbonyl (C=O) groups is 1. The van der Waals surface area contributed by atoms with Gasteiger partial charge in [0.2, 0.25) is 0 Å². The summed E-state index contributed by atoms with van der Waals surface area (Å²) in [4.78, 5) is 17.0. The molecule has 0 radical (unpaired) electrons. The van der Waals surface area contributed by atoms with E-state index in [0.717, 1.165) is 6.54 Å². The van der Waals surface area contributed by atoms with Gasteiger partial charge in [-0.3, -0.25) is 4.98 Å². The molecule has 20 heavy (non-hydrogen) atoms. The van der Waals surface area contributed by atoms with Crippen molar-refractivity contribution in [2.45, 2.75) is 52.8 Å². The number of nitrogens with one attached hydrogen (secondary N) is 2. The number of thiazole rings is 1. The lowest BCUT2D eigenvalue weighted by molar-refractivity contribution is 0.0490. The highest BCUT2D eigenvalue weighted by Crippen LogP contribution is 2.09. The fourth-order valence-corrected chi connectivity index (χ4v) is 2.16. The molecule has 114 valence electrons. The standard InChI is InChI=1S/C14H25N3O2S/c1-10(2)12(17-13(18)19-14(3,4)5)8-15-6-11-7-16-9-20-11/h7,9-10,12,15H,6,8H2,1-5H3,(H,17,18). The molecule has 1 unspecified atom stereocenters. The molecule has 0 aromatic carbocycles. The molecular formula is C14H25N3O2S. The molecule has 1 amide bonds. The lowest BCUT2D eigenvalue weighted by Gasteiger charge is -2.26. The highest BCUT2D eigenvalue weighted by molar-refractivity contribution is 7.09. The van der Waals surface area contributed by atoms with Crippen LogP contribution in [0.5, 0.6) is 0 Å². The number of nitrogens with zero attached hydrogens (tertiary/aromatic N) is 1. The molecule has 1 aromatic heterocycles. The molecule has 0 saturated heterocycles. The maximum atomic E-state index is 11.8. The Bertz CT molecular complexity index is 399. The molecule has 0 fully saturated rings. The minimum Gasteiger partial charge on any atom is -0.444 e. The van der Waals surface area contributed by atoms with Gasteiger partial charge in [-0.25, -0.2) is 4.79 Å².